The predicted molar refractivity (Wildman–Crippen MR) is 267 cm³/mol. The van der Waals surface area contributed by atoms with Crippen molar-refractivity contribution < 1.29 is 84.7 Å². The number of hydrogen-bond donors (Lipinski definition) is 11. The van der Waals surface area contributed by atoms with E-state index < -0.39 is 147 Å². The third-order valence-corrected chi connectivity index (χ3v) is 16.4. The van der Waals surface area contributed by atoms with E-state index in [-0.39, 0.29) is 76.3 Å². The van der Waals surface area contributed by atoms with E-state index in [0.717, 1.165) is 10.9 Å². The number of aliphatic hydroxyl groups is 2. The van der Waals surface area contributed by atoms with Gasteiger partial charge in [0.15, 0.2) is 33.8 Å². The van der Waals surface area contributed by atoms with E-state index in [1.54, 1.807) is 0 Å². The number of ether oxygens (including phenoxy) is 4. The molecule has 7 aromatic rings. The lowest BCUT2D eigenvalue weighted by atomic mass is 10.2. The van der Waals surface area contributed by atoms with Crippen LogP contribution < -0.4 is 39.7 Å². The number of phosphoric acid groups is 3. The van der Waals surface area contributed by atoms with Crippen LogP contribution in [0.3, 0.4) is 0 Å². The van der Waals surface area contributed by atoms with E-state index in [2.05, 4.69) is 49.8 Å². The van der Waals surface area contributed by atoms with E-state index in [0.29, 0.717) is 0 Å². The van der Waals surface area contributed by atoms with Gasteiger partial charge in [-0.25, -0.2) is 43.4 Å². The van der Waals surface area contributed by atoms with Crippen LogP contribution >= 0.6 is 23.5 Å². The molecule has 42 heteroatoms. The van der Waals surface area contributed by atoms with Gasteiger partial charge in [0.2, 0.25) is 11.9 Å². The molecule has 0 aliphatic carbocycles. The summed E-state index contributed by atoms with van der Waals surface area (Å²) < 4.78 is 103. The number of hydrogen-bond acceptors (Lipinski definition) is 30. The van der Waals surface area contributed by atoms with Gasteiger partial charge in [-0.2, -0.15) is 15.0 Å². The van der Waals surface area contributed by atoms with Gasteiger partial charge in [0.25, 0.3) is 11.1 Å². The first-order valence-corrected chi connectivity index (χ1v) is 28.6. The summed E-state index contributed by atoms with van der Waals surface area (Å²) in [6.45, 7) is -3.25. The predicted octanol–water partition coefficient (Wildman–Crippen LogP) is -2.31. The second-order valence-electron chi connectivity index (χ2n) is 18.6. The molecule has 15 N–H and O–H groups in total. The number of H-pyrrole nitrogens is 2. The average Bonchev–Trinajstić information content (AvgIpc) is 4.40. The third-order valence-electron chi connectivity index (χ3n) is 13.3. The molecular weight excluding hydrogens is 1150 g/mol. The Morgan fingerprint density at radius 3 is 1.51 bits per heavy atom. The molecule has 0 saturated carbocycles. The van der Waals surface area contributed by atoms with Crippen molar-refractivity contribution in [1.29, 1.82) is 0 Å². The molecule has 0 spiro atoms. The topological polar surface area (TPSA) is 554 Å². The molecule has 7 aromatic heterocycles. The molecule has 11 rings (SSSR count). The molecule has 0 aromatic carbocycles. The third kappa shape index (κ3) is 11.8. The number of fused-ring (bicyclic) bond motifs is 3. The van der Waals surface area contributed by atoms with Crippen LogP contribution in [-0.2, 0) is 59.8 Å². The van der Waals surface area contributed by atoms with Crippen molar-refractivity contribution in [3.8, 4) is 0 Å². The first kappa shape index (κ1) is 56.3. The molecular formula is C39H49N18O21P3. The molecule has 11 heterocycles. The fraction of sp³-hybridized carbons (Fsp3) is 0.513. The number of aromatic amines is 2. The largest absolute Gasteiger partial charge is 0.472 e. The van der Waals surface area contributed by atoms with Gasteiger partial charge in [0, 0.05) is 31.9 Å². The molecule has 0 amide bonds. The summed E-state index contributed by atoms with van der Waals surface area (Å²) in [5.41, 5.74) is 21.2. The van der Waals surface area contributed by atoms with Crippen LogP contribution in [0.15, 0.2) is 52.0 Å². The minimum absolute atomic E-state index is 0.0103. The Hall–Kier alpha value is -6.58. The molecule has 4 fully saturated rings. The summed E-state index contributed by atoms with van der Waals surface area (Å²) in [5, 5.41) is 21.0. The molecule has 4 aliphatic rings. The number of nitrogens with zero attached hydrogens (tertiary/aromatic N) is 12. The van der Waals surface area contributed by atoms with Gasteiger partial charge >= 0.3 is 29.2 Å². The standard InChI is InChI=1S/C39H49N18O21P3/c40-23-1-2-54(39(62)49-23)25-5-17(21(74-25)9-70-80(65,66)76-16-4-27(72-19(16)7-58)57-14-48-30-34(57)51-38(43)53-36(30)61)77-81(67,68)71-10-22-18(6-26(75-22)55-12-46-28-31(41)44-11-45-32(28)55)78-79(63,64)69-8-20-15(59)3-24(73-20)56-13-47-29-33(56)50-37(42)52-35(29)60/h1-2,11-22,24-27,58-59H,3-10H2,(H,63,64)(H,65,66)(H,67,68)(H2,40,49,62)(H2,41,44,45)(H3,42,50,52,60)(H3,43,51,53,61). The maximum absolute atomic E-state index is 14.0. The van der Waals surface area contributed by atoms with Crippen molar-refractivity contribution in [3.63, 3.8) is 0 Å². The Balaban J connectivity index is 0.770. The van der Waals surface area contributed by atoms with Crippen molar-refractivity contribution in [2.24, 2.45) is 0 Å². The summed E-state index contributed by atoms with van der Waals surface area (Å²) in [7, 11) is -15.7. The van der Waals surface area contributed by atoms with Crippen LogP contribution in [0, 0.1) is 0 Å². The highest BCUT2D eigenvalue weighted by atomic mass is 31.2. The monoisotopic (exact) mass is 1200 g/mol. The SMILES string of the molecule is Nc1ccn(C2CC(OP(=O)(O)OCC3OC(n4cnc5c(N)ncnc54)CC3OP(=O)(O)OCC3OC(n4cnc5c(=O)[nH]c(N)nc54)CC3O)C(COP(=O)(O)OC3CC(n4cnc5c(=O)[nH]c(N)nc54)OC3CO)O2)c(=O)n1. The molecule has 436 valence electrons. The fourth-order valence-electron chi connectivity index (χ4n) is 9.59. The molecule has 15 unspecified atom stereocenters. The highest BCUT2D eigenvalue weighted by Gasteiger charge is 2.48. The molecule has 15 atom stereocenters. The van der Waals surface area contributed by atoms with E-state index in [4.69, 9.17) is 69.0 Å². The molecule has 0 radical (unpaired) electrons. The number of nitrogen functional groups attached to an aromatic ring is 4. The normalized spacial score (nSPS) is 29.2. The summed E-state index contributed by atoms with van der Waals surface area (Å²) in [4.78, 5) is 108. The van der Waals surface area contributed by atoms with Gasteiger partial charge in [-0.1, -0.05) is 0 Å². The number of imidazole rings is 3. The number of nitrogens with one attached hydrogen (secondary N) is 2. The molecule has 4 saturated heterocycles. The smallest absolute Gasteiger partial charge is 0.394 e. The van der Waals surface area contributed by atoms with Gasteiger partial charge < -0.3 is 66.8 Å². The Bertz CT molecular complexity index is 3840. The number of nitrogens with two attached hydrogens (primary N) is 4. The molecule has 39 nitrogen and oxygen atoms in total. The van der Waals surface area contributed by atoms with Gasteiger partial charge in [-0.15, -0.1) is 0 Å². The number of anilines is 4. The van der Waals surface area contributed by atoms with Crippen LogP contribution in [0.4, 0.5) is 23.5 Å². The van der Waals surface area contributed by atoms with E-state index >= 15 is 0 Å². The number of aromatic nitrogens is 14. The van der Waals surface area contributed by atoms with Crippen LogP contribution in [0.5, 0.6) is 0 Å². The average molecular weight is 1200 g/mol. The van der Waals surface area contributed by atoms with Gasteiger partial charge in [0.1, 0.15) is 85.3 Å². The lowest BCUT2D eigenvalue weighted by molar-refractivity contribution is -0.0627. The molecule has 4 aliphatic heterocycles. The molecule has 0 bridgehead atoms. The second kappa shape index (κ2) is 22.0. The lowest BCUT2D eigenvalue weighted by Gasteiger charge is -2.25. The van der Waals surface area contributed by atoms with Crippen molar-refractivity contribution in [1.82, 2.24) is 68.1 Å². The second-order valence-corrected chi connectivity index (χ2v) is 22.8. The lowest BCUT2D eigenvalue weighted by Crippen LogP contribution is -2.31. The minimum atomic E-state index is -5.35. The van der Waals surface area contributed by atoms with Crippen LogP contribution in [0.25, 0.3) is 33.5 Å². The van der Waals surface area contributed by atoms with Crippen LogP contribution in [0.2, 0.25) is 0 Å². The molecule has 81 heavy (non-hydrogen) atoms. The Labute approximate surface area is 449 Å². The summed E-state index contributed by atoms with van der Waals surface area (Å²) in [6, 6.07) is 1.26. The maximum atomic E-state index is 14.0. The van der Waals surface area contributed by atoms with Gasteiger partial charge in [0.05, 0.1) is 51.5 Å². The Morgan fingerprint density at radius 2 is 1.00 bits per heavy atom. The summed E-state index contributed by atoms with van der Waals surface area (Å²) in [6.07, 6.45) is -10.6. The fourth-order valence-corrected chi connectivity index (χ4v) is 12.5. The van der Waals surface area contributed by atoms with Crippen molar-refractivity contribution in [3.05, 3.63) is 68.8 Å². The zero-order valence-electron chi connectivity index (χ0n) is 41.3. The van der Waals surface area contributed by atoms with E-state index in [9.17, 15) is 53.0 Å². The number of rotatable bonds is 20. The highest BCUT2D eigenvalue weighted by molar-refractivity contribution is 7.48. The minimum Gasteiger partial charge on any atom is -0.394 e. The Morgan fingerprint density at radius 1 is 0.568 bits per heavy atom. The van der Waals surface area contributed by atoms with E-state index in [1.807, 2.05) is 0 Å². The quantitative estimate of drug-likeness (QED) is 0.0357. The Kier molecular flexibility index (Phi) is 15.3. The van der Waals surface area contributed by atoms with E-state index in [1.165, 1.54) is 44.9 Å². The maximum Gasteiger partial charge on any atom is 0.472 e. The van der Waals surface area contributed by atoms with Crippen molar-refractivity contribution in [2.75, 3.05) is 49.4 Å². The summed E-state index contributed by atoms with van der Waals surface area (Å²) in [5.74, 6) is -0.572. The van der Waals surface area contributed by atoms with Crippen LogP contribution in [-0.4, -0.2) is 168 Å². The number of phosphoric ester groups is 3. The first-order valence-electron chi connectivity index (χ1n) is 24.1. The highest BCUT2D eigenvalue weighted by Crippen LogP contribution is 2.54. The van der Waals surface area contributed by atoms with Crippen molar-refractivity contribution in [2.45, 2.75) is 99.4 Å². The van der Waals surface area contributed by atoms with Crippen molar-refractivity contribution >= 4 is 80.5 Å². The first-order chi connectivity index (χ1) is 38.5. The number of aliphatic hydroxyl groups excluding tert-OH is 2. The van der Waals surface area contributed by atoms with Crippen LogP contribution in [0.1, 0.15) is 50.6 Å². The van der Waals surface area contributed by atoms with Gasteiger partial charge in [-0.3, -0.25) is 65.0 Å². The summed E-state index contributed by atoms with van der Waals surface area (Å²) >= 11 is 0. The van der Waals surface area contributed by atoms with Gasteiger partial charge in [-0.05, 0) is 6.07 Å². The zero-order chi connectivity index (χ0) is 57.3. The zero-order valence-corrected chi connectivity index (χ0v) is 44.0.